The van der Waals surface area contributed by atoms with E-state index in [0.29, 0.717) is 24.6 Å². The SMILES string of the molecule is COCCNCCNC(=O)CSc1ccc(C(C)=O)c(F)c1.Cl. The molecule has 0 bridgehead atoms. The van der Waals surface area contributed by atoms with Crippen molar-refractivity contribution in [1.82, 2.24) is 10.6 Å². The molecule has 0 radical (unpaired) electrons. The van der Waals surface area contributed by atoms with Crippen molar-refractivity contribution in [3.63, 3.8) is 0 Å². The van der Waals surface area contributed by atoms with Gasteiger partial charge in [0.05, 0.1) is 17.9 Å². The molecule has 1 aromatic carbocycles. The molecule has 8 heteroatoms. The maximum Gasteiger partial charge on any atom is 0.230 e. The summed E-state index contributed by atoms with van der Waals surface area (Å²) in [7, 11) is 1.63. The van der Waals surface area contributed by atoms with E-state index in [1.807, 2.05) is 0 Å². The van der Waals surface area contributed by atoms with E-state index in [1.54, 1.807) is 13.2 Å². The molecule has 0 spiro atoms. The minimum Gasteiger partial charge on any atom is -0.383 e. The highest BCUT2D eigenvalue weighted by Gasteiger charge is 2.09. The Bertz CT molecular complexity index is 517. The summed E-state index contributed by atoms with van der Waals surface area (Å²) in [5.41, 5.74) is 0.0657. The molecule has 1 amide bonds. The molecule has 0 aliphatic heterocycles. The normalized spacial score (nSPS) is 10.0. The van der Waals surface area contributed by atoms with Gasteiger partial charge in [-0.1, -0.05) is 0 Å². The van der Waals surface area contributed by atoms with E-state index in [-0.39, 0.29) is 35.4 Å². The lowest BCUT2D eigenvalue weighted by atomic mass is 10.1. The van der Waals surface area contributed by atoms with Crippen molar-refractivity contribution >= 4 is 35.9 Å². The number of nitrogens with one attached hydrogen (secondary N) is 2. The van der Waals surface area contributed by atoms with Crippen LogP contribution in [-0.4, -0.2) is 50.8 Å². The third kappa shape index (κ3) is 8.90. The molecular weight excluding hydrogens is 343 g/mol. The highest BCUT2D eigenvalue weighted by molar-refractivity contribution is 8.00. The van der Waals surface area contributed by atoms with E-state index >= 15 is 0 Å². The molecule has 0 heterocycles. The van der Waals surface area contributed by atoms with E-state index in [1.165, 1.54) is 30.8 Å². The average Bonchev–Trinajstić information content (AvgIpc) is 2.48. The molecule has 0 saturated heterocycles. The summed E-state index contributed by atoms with van der Waals surface area (Å²) in [6.45, 7) is 3.89. The van der Waals surface area contributed by atoms with E-state index in [0.717, 1.165) is 6.54 Å². The van der Waals surface area contributed by atoms with Crippen molar-refractivity contribution in [2.24, 2.45) is 0 Å². The molecule has 5 nitrogen and oxygen atoms in total. The van der Waals surface area contributed by atoms with Crippen LogP contribution in [0.4, 0.5) is 4.39 Å². The van der Waals surface area contributed by atoms with Crippen LogP contribution in [0.5, 0.6) is 0 Å². The van der Waals surface area contributed by atoms with Crippen LogP contribution < -0.4 is 10.6 Å². The number of amides is 1. The number of carbonyl (C=O) groups is 2. The Morgan fingerprint density at radius 2 is 2.00 bits per heavy atom. The summed E-state index contributed by atoms with van der Waals surface area (Å²) in [6, 6.07) is 4.36. The molecule has 0 saturated carbocycles. The molecule has 0 fully saturated rings. The minimum absolute atomic E-state index is 0. The van der Waals surface area contributed by atoms with Gasteiger partial charge in [-0.2, -0.15) is 0 Å². The number of carbonyl (C=O) groups excluding carboxylic acids is 2. The van der Waals surface area contributed by atoms with Crippen molar-refractivity contribution in [2.45, 2.75) is 11.8 Å². The lowest BCUT2D eigenvalue weighted by Gasteiger charge is -2.07. The van der Waals surface area contributed by atoms with Gasteiger partial charge in [0.2, 0.25) is 5.91 Å². The second kappa shape index (κ2) is 12.3. The van der Waals surface area contributed by atoms with Gasteiger partial charge in [0.15, 0.2) is 5.78 Å². The van der Waals surface area contributed by atoms with Crippen molar-refractivity contribution < 1.29 is 18.7 Å². The molecule has 0 aromatic heterocycles. The molecular formula is C15H22ClFN2O3S. The molecule has 1 aromatic rings. The van der Waals surface area contributed by atoms with Crippen molar-refractivity contribution in [3.8, 4) is 0 Å². The predicted molar refractivity (Wildman–Crippen MR) is 92.1 cm³/mol. The second-order valence-electron chi connectivity index (χ2n) is 4.58. The van der Waals surface area contributed by atoms with Gasteiger partial charge in [0, 0.05) is 31.6 Å². The molecule has 2 N–H and O–H groups in total. The number of methoxy groups -OCH3 is 1. The highest BCUT2D eigenvalue weighted by atomic mass is 35.5. The number of thioether (sulfide) groups is 1. The molecule has 130 valence electrons. The third-order valence-electron chi connectivity index (χ3n) is 2.80. The number of hydrogen-bond acceptors (Lipinski definition) is 5. The van der Waals surface area contributed by atoms with Gasteiger partial charge in [-0.15, -0.1) is 24.2 Å². The zero-order valence-electron chi connectivity index (χ0n) is 13.2. The largest absolute Gasteiger partial charge is 0.383 e. The first-order chi connectivity index (χ1) is 10.5. The third-order valence-corrected chi connectivity index (χ3v) is 3.79. The monoisotopic (exact) mass is 364 g/mol. The fraction of sp³-hybridized carbons (Fsp3) is 0.467. The van der Waals surface area contributed by atoms with Crippen LogP contribution in [0.3, 0.4) is 0 Å². The maximum atomic E-state index is 13.6. The Balaban J connectivity index is 0.00000484. The van der Waals surface area contributed by atoms with Crippen LogP contribution in [0.25, 0.3) is 0 Å². The van der Waals surface area contributed by atoms with Gasteiger partial charge in [0.25, 0.3) is 0 Å². The highest BCUT2D eigenvalue weighted by Crippen LogP contribution is 2.21. The van der Waals surface area contributed by atoms with Crippen LogP contribution in [0.15, 0.2) is 23.1 Å². The lowest BCUT2D eigenvalue weighted by Crippen LogP contribution is -2.33. The fourth-order valence-electron chi connectivity index (χ4n) is 1.66. The van der Waals surface area contributed by atoms with Gasteiger partial charge < -0.3 is 15.4 Å². The van der Waals surface area contributed by atoms with E-state index < -0.39 is 5.82 Å². The quantitative estimate of drug-likeness (QED) is 0.377. The first kappa shape index (κ1) is 21.9. The average molecular weight is 365 g/mol. The zero-order valence-corrected chi connectivity index (χ0v) is 14.8. The van der Waals surface area contributed by atoms with Crippen molar-refractivity contribution in [2.75, 3.05) is 39.1 Å². The van der Waals surface area contributed by atoms with Gasteiger partial charge in [-0.25, -0.2) is 4.39 Å². The van der Waals surface area contributed by atoms with E-state index in [2.05, 4.69) is 10.6 Å². The predicted octanol–water partition coefficient (Wildman–Crippen LogP) is 1.89. The number of rotatable bonds is 10. The lowest BCUT2D eigenvalue weighted by molar-refractivity contribution is -0.118. The van der Waals surface area contributed by atoms with Crippen LogP contribution in [-0.2, 0) is 9.53 Å². The molecule has 0 atom stereocenters. The van der Waals surface area contributed by atoms with Gasteiger partial charge in [-0.3, -0.25) is 9.59 Å². The minimum atomic E-state index is -0.555. The number of ketones is 1. The molecule has 0 aliphatic rings. The summed E-state index contributed by atoms with van der Waals surface area (Å²) in [5, 5.41) is 5.87. The Hall–Kier alpha value is -1.15. The topological polar surface area (TPSA) is 67.4 Å². The van der Waals surface area contributed by atoms with Crippen LogP contribution >= 0.6 is 24.2 Å². The molecule has 1 rings (SSSR count). The Labute approximate surface area is 146 Å². The maximum absolute atomic E-state index is 13.6. The summed E-state index contributed by atoms with van der Waals surface area (Å²) in [5.74, 6) is -0.778. The first-order valence-electron chi connectivity index (χ1n) is 6.94. The summed E-state index contributed by atoms with van der Waals surface area (Å²) >= 11 is 1.23. The Kier molecular flexibility index (Phi) is 11.7. The summed E-state index contributed by atoms with van der Waals surface area (Å²) in [6.07, 6.45) is 0. The van der Waals surface area contributed by atoms with Crippen LogP contribution in [0.1, 0.15) is 17.3 Å². The van der Waals surface area contributed by atoms with Crippen molar-refractivity contribution in [3.05, 3.63) is 29.6 Å². The van der Waals surface area contributed by atoms with E-state index in [9.17, 15) is 14.0 Å². The smallest absolute Gasteiger partial charge is 0.230 e. The van der Waals surface area contributed by atoms with Gasteiger partial charge in [0.1, 0.15) is 5.82 Å². The zero-order chi connectivity index (χ0) is 16.4. The number of ether oxygens (including phenoxy) is 1. The number of benzene rings is 1. The first-order valence-corrected chi connectivity index (χ1v) is 7.92. The second-order valence-corrected chi connectivity index (χ2v) is 5.63. The molecule has 0 unspecified atom stereocenters. The summed E-state index contributed by atoms with van der Waals surface area (Å²) < 4.78 is 18.5. The number of halogens is 2. The standard InChI is InChI=1S/C15H21FN2O3S.ClH/c1-11(19)13-4-3-12(9-14(13)16)22-10-15(20)18-6-5-17-7-8-21-2;/h3-4,9,17H,5-8,10H2,1-2H3,(H,18,20);1H. The Morgan fingerprint density at radius 1 is 1.26 bits per heavy atom. The molecule has 0 aliphatic carbocycles. The molecule has 23 heavy (non-hydrogen) atoms. The van der Waals surface area contributed by atoms with Crippen molar-refractivity contribution in [1.29, 1.82) is 0 Å². The Morgan fingerprint density at radius 3 is 2.61 bits per heavy atom. The van der Waals surface area contributed by atoms with E-state index in [4.69, 9.17) is 4.74 Å². The number of Topliss-reactive ketones (excluding diaryl/α,β-unsaturated/α-hetero) is 1. The number of hydrogen-bond donors (Lipinski definition) is 2. The van der Waals surface area contributed by atoms with Crippen LogP contribution in [0.2, 0.25) is 0 Å². The fourth-order valence-corrected chi connectivity index (χ4v) is 2.41. The summed E-state index contributed by atoms with van der Waals surface area (Å²) in [4.78, 5) is 23.4. The van der Waals surface area contributed by atoms with Crippen LogP contribution in [0, 0.1) is 5.82 Å². The van der Waals surface area contributed by atoms with Gasteiger partial charge >= 0.3 is 0 Å². The van der Waals surface area contributed by atoms with Gasteiger partial charge in [-0.05, 0) is 25.1 Å².